The molecule has 1 atom stereocenters. The van der Waals surface area contributed by atoms with Gasteiger partial charge in [-0.25, -0.2) is 4.39 Å². The summed E-state index contributed by atoms with van der Waals surface area (Å²) in [5.74, 6) is -0.0462. The lowest BCUT2D eigenvalue weighted by Crippen LogP contribution is -2.45. The first kappa shape index (κ1) is 23.2. The number of halogens is 6. The minimum absolute atomic E-state index is 0. The molecule has 0 unspecified atom stereocenters. The molecule has 0 radical (unpaired) electrons. The number of benzene rings is 1. The zero-order valence-electron chi connectivity index (χ0n) is 13.2. The Kier molecular flexibility index (Phi) is 9.96. The third-order valence-corrected chi connectivity index (χ3v) is 3.84. The maximum absolute atomic E-state index is 13.6. The average Bonchev–Trinajstić information content (AvgIpc) is 2.48. The maximum atomic E-state index is 13.6. The SMILES string of the molecule is COc1ccc(F)cc1[C@H](CCC(F)(F)F)N1CCNCC1.Cl.Cl. The molecule has 3 nitrogen and oxygen atoms in total. The number of hydrogen-bond donors (Lipinski definition) is 1. The van der Waals surface area contributed by atoms with Crippen molar-refractivity contribution < 1.29 is 22.3 Å². The summed E-state index contributed by atoms with van der Waals surface area (Å²) in [4.78, 5) is 1.96. The fraction of sp³-hybridized carbons (Fsp3) is 0.600. The molecule has 1 aromatic carbocycles. The quantitative estimate of drug-likeness (QED) is 0.767. The number of methoxy groups -OCH3 is 1. The van der Waals surface area contributed by atoms with E-state index in [0.717, 1.165) is 0 Å². The van der Waals surface area contributed by atoms with E-state index in [2.05, 4.69) is 5.32 Å². The Morgan fingerprint density at radius 2 is 1.83 bits per heavy atom. The van der Waals surface area contributed by atoms with Crippen LogP contribution >= 0.6 is 24.8 Å². The molecule has 0 aromatic heterocycles. The molecule has 9 heteroatoms. The van der Waals surface area contributed by atoms with Crippen LogP contribution in [0, 0.1) is 5.82 Å². The van der Waals surface area contributed by atoms with Gasteiger partial charge in [-0.15, -0.1) is 24.8 Å². The predicted octanol–water partition coefficient (Wildman–Crippen LogP) is 3.97. The molecular weight excluding hydrogens is 371 g/mol. The van der Waals surface area contributed by atoms with Gasteiger partial charge in [0.1, 0.15) is 11.6 Å². The van der Waals surface area contributed by atoms with E-state index in [4.69, 9.17) is 4.74 Å². The number of ether oxygens (including phenoxy) is 1. The summed E-state index contributed by atoms with van der Waals surface area (Å²) in [5.41, 5.74) is 0.480. The number of piperazine rings is 1. The van der Waals surface area contributed by atoms with E-state index >= 15 is 0 Å². The standard InChI is InChI=1S/C15H20F4N2O.2ClH/c1-22-14-3-2-11(16)10-12(14)13(4-5-15(17,18)19)21-8-6-20-7-9-21;;/h2-3,10,13,20H,4-9H2,1H3;2*1H/t13-;;/m0../s1. The Morgan fingerprint density at radius 3 is 2.38 bits per heavy atom. The molecule has 1 fully saturated rings. The predicted molar refractivity (Wildman–Crippen MR) is 89.9 cm³/mol. The van der Waals surface area contributed by atoms with Crippen molar-refractivity contribution in [1.29, 1.82) is 0 Å². The summed E-state index contributed by atoms with van der Waals surface area (Å²) < 4.78 is 56.7. The number of nitrogens with zero attached hydrogens (tertiary/aromatic N) is 1. The van der Waals surface area contributed by atoms with Crippen LogP contribution in [0.1, 0.15) is 24.4 Å². The fourth-order valence-corrected chi connectivity index (χ4v) is 2.79. The molecule has 1 aliphatic rings. The summed E-state index contributed by atoms with van der Waals surface area (Å²) in [6.45, 7) is 2.67. The molecular formula is C15H22Cl2F4N2O. The third-order valence-electron chi connectivity index (χ3n) is 3.84. The molecule has 1 saturated heterocycles. The molecule has 0 amide bonds. The van der Waals surface area contributed by atoms with Crippen LogP contribution in [0.3, 0.4) is 0 Å². The first-order valence-corrected chi connectivity index (χ1v) is 7.25. The molecule has 0 aliphatic carbocycles. The van der Waals surface area contributed by atoms with Crippen molar-refractivity contribution in [1.82, 2.24) is 10.2 Å². The molecule has 1 aliphatic heterocycles. The number of hydrogen-bond acceptors (Lipinski definition) is 3. The number of alkyl halides is 3. The van der Waals surface area contributed by atoms with E-state index in [1.54, 1.807) is 0 Å². The van der Waals surface area contributed by atoms with Crippen molar-refractivity contribution in [2.75, 3.05) is 33.3 Å². The first-order chi connectivity index (χ1) is 10.4. The van der Waals surface area contributed by atoms with Gasteiger partial charge in [-0.05, 0) is 24.6 Å². The highest BCUT2D eigenvalue weighted by Crippen LogP contribution is 2.36. The highest BCUT2D eigenvalue weighted by Gasteiger charge is 2.32. The second-order valence-corrected chi connectivity index (χ2v) is 5.34. The molecule has 2 rings (SSSR count). The normalized spacial score (nSPS) is 16.7. The van der Waals surface area contributed by atoms with Crippen molar-refractivity contribution in [3.8, 4) is 5.75 Å². The summed E-state index contributed by atoms with van der Waals surface area (Å²) in [5, 5.41) is 3.16. The molecule has 140 valence electrons. The lowest BCUT2D eigenvalue weighted by Gasteiger charge is -2.36. The molecule has 0 spiro atoms. The van der Waals surface area contributed by atoms with Crippen LogP contribution in [0.25, 0.3) is 0 Å². The van der Waals surface area contributed by atoms with Crippen molar-refractivity contribution in [3.63, 3.8) is 0 Å². The van der Waals surface area contributed by atoms with E-state index < -0.39 is 24.5 Å². The molecule has 1 heterocycles. The minimum Gasteiger partial charge on any atom is -0.496 e. The van der Waals surface area contributed by atoms with E-state index in [9.17, 15) is 17.6 Å². The largest absolute Gasteiger partial charge is 0.496 e. The van der Waals surface area contributed by atoms with Crippen molar-refractivity contribution in [2.24, 2.45) is 0 Å². The van der Waals surface area contributed by atoms with Crippen LogP contribution < -0.4 is 10.1 Å². The first-order valence-electron chi connectivity index (χ1n) is 7.25. The van der Waals surface area contributed by atoms with E-state index in [1.165, 1.54) is 25.3 Å². The van der Waals surface area contributed by atoms with E-state index in [0.29, 0.717) is 37.5 Å². The average molecular weight is 393 g/mol. The van der Waals surface area contributed by atoms with Gasteiger partial charge in [0.25, 0.3) is 0 Å². The Bertz CT molecular complexity index is 497. The van der Waals surface area contributed by atoms with Crippen LogP contribution in [0.15, 0.2) is 18.2 Å². The smallest absolute Gasteiger partial charge is 0.389 e. The van der Waals surface area contributed by atoms with Gasteiger partial charge in [0, 0.05) is 44.2 Å². The third kappa shape index (κ3) is 6.63. The lowest BCUT2D eigenvalue weighted by atomic mass is 9.98. The van der Waals surface area contributed by atoms with Crippen LogP contribution in [-0.4, -0.2) is 44.4 Å². The van der Waals surface area contributed by atoms with Gasteiger partial charge in [0.15, 0.2) is 0 Å². The molecule has 24 heavy (non-hydrogen) atoms. The molecule has 1 aromatic rings. The van der Waals surface area contributed by atoms with Gasteiger partial charge in [-0.2, -0.15) is 13.2 Å². The number of nitrogens with one attached hydrogen (secondary N) is 1. The number of rotatable bonds is 5. The highest BCUT2D eigenvalue weighted by atomic mass is 35.5. The Morgan fingerprint density at radius 1 is 1.21 bits per heavy atom. The monoisotopic (exact) mass is 392 g/mol. The summed E-state index contributed by atoms with van der Waals surface area (Å²) >= 11 is 0. The molecule has 0 bridgehead atoms. The second-order valence-electron chi connectivity index (χ2n) is 5.34. The summed E-state index contributed by atoms with van der Waals surface area (Å²) in [7, 11) is 1.44. The second kappa shape index (κ2) is 10.3. The Labute approximate surface area is 151 Å². The Balaban J connectivity index is 0.00000264. The van der Waals surface area contributed by atoms with Gasteiger partial charge in [0.2, 0.25) is 0 Å². The van der Waals surface area contributed by atoms with Crippen molar-refractivity contribution in [2.45, 2.75) is 25.1 Å². The topological polar surface area (TPSA) is 24.5 Å². The summed E-state index contributed by atoms with van der Waals surface area (Å²) in [6.07, 6.45) is -5.24. The lowest BCUT2D eigenvalue weighted by molar-refractivity contribution is -0.138. The maximum Gasteiger partial charge on any atom is 0.389 e. The minimum atomic E-state index is -4.23. The Hall–Kier alpha value is -0.760. The van der Waals surface area contributed by atoms with Gasteiger partial charge in [0.05, 0.1) is 7.11 Å². The van der Waals surface area contributed by atoms with Crippen molar-refractivity contribution in [3.05, 3.63) is 29.6 Å². The van der Waals surface area contributed by atoms with Gasteiger partial charge < -0.3 is 10.1 Å². The van der Waals surface area contributed by atoms with Gasteiger partial charge in [-0.1, -0.05) is 0 Å². The van der Waals surface area contributed by atoms with E-state index in [-0.39, 0.29) is 31.2 Å². The zero-order valence-corrected chi connectivity index (χ0v) is 14.9. The summed E-state index contributed by atoms with van der Waals surface area (Å²) in [6, 6.07) is 3.49. The van der Waals surface area contributed by atoms with Crippen LogP contribution in [0.5, 0.6) is 5.75 Å². The molecule has 0 saturated carbocycles. The molecule has 1 N–H and O–H groups in total. The zero-order chi connectivity index (χ0) is 16.2. The van der Waals surface area contributed by atoms with Crippen molar-refractivity contribution >= 4 is 24.8 Å². The van der Waals surface area contributed by atoms with Crippen LogP contribution in [0.2, 0.25) is 0 Å². The van der Waals surface area contributed by atoms with E-state index in [1.807, 2.05) is 4.90 Å². The van der Waals surface area contributed by atoms with Gasteiger partial charge in [-0.3, -0.25) is 4.90 Å². The van der Waals surface area contributed by atoms with Crippen LogP contribution in [0.4, 0.5) is 17.6 Å². The van der Waals surface area contributed by atoms with Crippen LogP contribution in [-0.2, 0) is 0 Å². The fourth-order valence-electron chi connectivity index (χ4n) is 2.79. The van der Waals surface area contributed by atoms with Gasteiger partial charge >= 0.3 is 6.18 Å². The highest BCUT2D eigenvalue weighted by molar-refractivity contribution is 5.85.